The van der Waals surface area contributed by atoms with Crippen LogP contribution in [0.1, 0.15) is 45.6 Å². The van der Waals surface area contributed by atoms with Crippen molar-refractivity contribution in [1.82, 2.24) is 10.2 Å². The van der Waals surface area contributed by atoms with Gasteiger partial charge in [0.15, 0.2) is 0 Å². The molecular formula is C32H40FN3O5S. The van der Waals surface area contributed by atoms with Gasteiger partial charge in [-0.05, 0) is 80.3 Å². The van der Waals surface area contributed by atoms with Crippen molar-refractivity contribution in [1.29, 1.82) is 0 Å². The van der Waals surface area contributed by atoms with Crippen LogP contribution in [0.15, 0.2) is 83.8 Å². The van der Waals surface area contributed by atoms with Crippen molar-refractivity contribution in [2.45, 2.75) is 57.4 Å². The molecule has 10 heteroatoms. The van der Waals surface area contributed by atoms with Gasteiger partial charge in [0.1, 0.15) is 24.2 Å². The minimum Gasteiger partial charge on any atom is -0.494 e. The van der Waals surface area contributed by atoms with E-state index in [0.29, 0.717) is 31.7 Å². The van der Waals surface area contributed by atoms with Gasteiger partial charge in [0.25, 0.3) is 10.0 Å². The molecule has 8 nitrogen and oxygen atoms in total. The average Bonchev–Trinajstić information content (AvgIpc) is 2.99. The highest BCUT2D eigenvalue weighted by Gasteiger charge is 2.33. The molecule has 3 aromatic carbocycles. The number of unbranched alkanes of at least 4 members (excludes halogenated alkanes) is 1. The molecule has 1 N–H and O–H groups in total. The number of carbonyl (C=O) groups excluding carboxylic acids is 2. The third-order valence-electron chi connectivity index (χ3n) is 6.82. The van der Waals surface area contributed by atoms with E-state index in [2.05, 4.69) is 5.32 Å². The third kappa shape index (κ3) is 8.79. The minimum atomic E-state index is -4.26. The Morgan fingerprint density at radius 3 is 2.19 bits per heavy atom. The summed E-state index contributed by atoms with van der Waals surface area (Å²) in [5.41, 5.74) is 1.11. The first-order chi connectivity index (χ1) is 20.2. The summed E-state index contributed by atoms with van der Waals surface area (Å²) in [5, 5.41) is 2.91. The van der Waals surface area contributed by atoms with Crippen molar-refractivity contribution in [2.75, 3.05) is 30.5 Å². The van der Waals surface area contributed by atoms with Gasteiger partial charge in [-0.1, -0.05) is 50.6 Å². The number of halogens is 1. The Balaban J connectivity index is 1.97. The number of sulfonamides is 1. The lowest BCUT2D eigenvalue weighted by Crippen LogP contribution is -2.53. The second-order valence-corrected chi connectivity index (χ2v) is 11.6. The molecule has 0 heterocycles. The molecule has 3 aromatic rings. The van der Waals surface area contributed by atoms with Crippen LogP contribution in [0.4, 0.5) is 10.1 Å². The van der Waals surface area contributed by atoms with Gasteiger partial charge in [-0.2, -0.15) is 0 Å². The number of benzene rings is 3. The Kier molecular flexibility index (Phi) is 12.3. The van der Waals surface area contributed by atoms with Crippen molar-refractivity contribution in [3.8, 4) is 5.75 Å². The number of carbonyl (C=O) groups is 2. The van der Waals surface area contributed by atoms with Crippen LogP contribution in [-0.4, -0.2) is 57.4 Å². The number of amides is 2. The smallest absolute Gasteiger partial charge is 0.264 e. The van der Waals surface area contributed by atoms with Gasteiger partial charge in [-0.15, -0.1) is 0 Å². The van der Waals surface area contributed by atoms with Crippen molar-refractivity contribution in [3.63, 3.8) is 0 Å². The second-order valence-electron chi connectivity index (χ2n) is 9.78. The van der Waals surface area contributed by atoms with E-state index in [9.17, 15) is 22.4 Å². The zero-order chi connectivity index (χ0) is 30.5. The Labute approximate surface area is 248 Å². The molecule has 3 rings (SSSR count). The molecule has 0 saturated carbocycles. The van der Waals surface area contributed by atoms with Crippen LogP contribution >= 0.6 is 0 Å². The van der Waals surface area contributed by atoms with Crippen LogP contribution in [-0.2, 0) is 26.0 Å². The first-order valence-electron chi connectivity index (χ1n) is 14.3. The Hall–Kier alpha value is -3.92. The zero-order valence-corrected chi connectivity index (χ0v) is 25.3. The molecule has 0 aliphatic rings. The number of hydrogen-bond donors (Lipinski definition) is 1. The summed E-state index contributed by atoms with van der Waals surface area (Å²) < 4.78 is 48.0. The van der Waals surface area contributed by atoms with Crippen molar-refractivity contribution in [3.05, 3.63) is 90.2 Å². The summed E-state index contributed by atoms with van der Waals surface area (Å²) in [6, 6.07) is 19.6. The van der Waals surface area contributed by atoms with E-state index in [1.807, 2.05) is 51.1 Å². The maximum Gasteiger partial charge on any atom is 0.264 e. The van der Waals surface area contributed by atoms with Crippen LogP contribution in [0.25, 0.3) is 0 Å². The van der Waals surface area contributed by atoms with Crippen molar-refractivity contribution >= 4 is 27.5 Å². The fraction of sp³-hybridized carbons (Fsp3) is 0.375. The molecule has 0 bridgehead atoms. The van der Waals surface area contributed by atoms with Gasteiger partial charge in [0.2, 0.25) is 11.8 Å². The number of nitrogens with zero attached hydrogens (tertiary/aromatic N) is 2. The van der Waals surface area contributed by atoms with E-state index >= 15 is 0 Å². The predicted octanol–water partition coefficient (Wildman–Crippen LogP) is 5.19. The van der Waals surface area contributed by atoms with Gasteiger partial charge in [-0.25, -0.2) is 12.8 Å². The first kappa shape index (κ1) is 32.6. The van der Waals surface area contributed by atoms with E-state index < -0.39 is 34.3 Å². The number of anilines is 1. The number of rotatable bonds is 16. The third-order valence-corrected chi connectivity index (χ3v) is 8.60. The standard InChI is InChI=1S/C32H40FN3O5S/c1-4-7-22-34-32(38)30(5-2)35(23-21-25-11-9-8-10-12-25)31(37)24-36(27-15-13-26(33)14-16-27)42(39,40)29-19-17-28(18-20-29)41-6-3/h8-20,30H,4-7,21-24H2,1-3H3,(H,34,38)/t30-/m0/s1. The van der Waals surface area contributed by atoms with E-state index in [1.54, 1.807) is 12.1 Å². The van der Waals surface area contributed by atoms with Crippen LogP contribution in [0.2, 0.25) is 0 Å². The quantitative estimate of drug-likeness (QED) is 0.230. The Morgan fingerprint density at radius 2 is 1.60 bits per heavy atom. The highest BCUT2D eigenvalue weighted by molar-refractivity contribution is 7.92. The number of hydrogen-bond acceptors (Lipinski definition) is 5. The zero-order valence-electron chi connectivity index (χ0n) is 24.5. The molecule has 226 valence electrons. The van der Waals surface area contributed by atoms with Crippen molar-refractivity contribution in [2.24, 2.45) is 0 Å². The fourth-order valence-corrected chi connectivity index (χ4v) is 5.95. The largest absolute Gasteiger partial charge is 0.494 e. The van der Waals surface area contributed by atoms with E-state index in [4.69, 9.17) is 4.74 Å². The second kappa shape index (κ2) is 15.9. The lowest BCUT2D eigenvalue weighted by molar-refractivity contribution is -0.139. The van der Waals surface area contributed by atoms with Gasteiger partial charge in [-0.3, -0.25) is 13.9 Å². The monoisotopic (exact) mass is 597 g/mol. The van der Waals surface area contributed by atoms with Gasteiger partial charge < -0.3 is 15.0 Å². The SMILES string of the molecule is CCCCNC(=O)[C@H](CC)N(CCc1ccccc1)C(=O)CN(c1ccc(F)cc1)S(=O)(=O)c1ccc(OCC)cc1. The number of nitrogens with one attached hydrogen (secondary N) is 1. The fourth-order valence-electron chi connectivity index (χ4n) is 4.54. The topological polar surface area (TPSA) is 96.0 Å². The molecule has 42 heavy (non-hydrogen) atoms. The van der Waals surface area contributed by atoms with E-state index in [-0.39, 0.29) is 23.0 Å². The number of ether oxygens (including phenoxy) is 1. The minimum absolute atomic E-state index is 0.0525. The van der Waals surface area contributed by atoms with Crippen LogP contribution < -0.4 is 14.4 Å². The molecular weight excluding hydrogens is 557 g/mol. The molecule has 0 spiro atoms. The molecule has 1 atom stereocenters. The molecule has 0 aromatic heterocycles. The molecule has 0 fully saturated rings. The van der Waals surface area contributed by atoms with Gasteiger partial charge in [0, 0.05) is 13.1 Å². The van der Waals surface area contributed by atoms with E-state index in [0.717, 1.165) is 34.8 Å². The Bertz CT molecular complexity index is 1380. The van der Waals surface area contributed by atoms with Gasteiger partial charge >= 0.3 is 0 Å². The first-order valence-corrected chi connectivity index (χ1v) is 15.8. The normalized spacial score (nSPS) is 11.9. The summed E-state index contributed by atoms with van der Waals surface area (Å²) in [4.78, 5) is 28.6. The van der Waals surface area contributed by atoms with Crippen LogP contribution in [0.3, 0.4) is 0 Å². The molecule has 0 radical (unpaired) electrons. The van der Waals surface area contributed by atoms with Crippen LogP contribution in [0.5, 0.6) is 5.75 Å². The molecule has 2 amide bonds. The van der Waals surface area contributed by atoms with Crippen LogP contribution in [0, 0.1) is 5.82 Å². The summed E-state index contributed by atoms with van der Waals surface area (Å²) in [6.45, 7) is 6.21. The van der Waals surface area contributed by atoms with Crippen molar-refractivity contribution < 1.29 is 27.1 Å². The molecule has 0 unspecified atom stereocenters. The summed E-state index contributed by atoms with van der Waals surface area (Å²) in [5.74, 6) is -0.854. The maximum atomic E-state index is 14.0. The lowest BCUT2D eigenvalue weighted by atomic mass is 10.1. The average molecular weight is 598 g/mol. The Morgan fingerprint density at radius 1 is 0.929 bits per heavy atom. The highest BCUT2D eigenvalue weighted by atomic mass is 32.2. The molecule has 0 aliphatic heterocycles. The predicted molar refractivity (Wildman–Crippen MR) is 162 cm³/mol. The molecule has 0 aliphatic carbocycles. The maximum absolute atomic E-state index is 14.0. The van der Waals surface area contributed by atoms with Gasteiger partial charge in [0.05, 0.1) is 17.2 Å². The summed E-state index contributed by atoms with van der Waals surface area (Å²) in [6.07, 6.45) is 2.54. The summed E-state index contributed by atoms with van der Waals surface area (Å²) in [7, 11) is -4.26. The lowest BCUT2D eigenvalue weighted by Gasteiger charge is -2.33. The molecule has 0 saturated heterocycles. The van der Waals surface area contributed by atoms with E-state index in [1.165, 1.54) is 29.2 Å². The summed E-state index contributed by atoms with van der Waals surface area (Å²) >= 11 is 0. The highest BCUT2D eigenvalue weighted by Crippen LogP contribution is 2.26.